The van der Waals surface area contributed by atoms with Crippen LogP contribution in [0.5, 0.6) is 0 Å². The van der Waals surface area contributed by atoms with E-state index in [1.54, 1.807) is 0 Å². The maximum Gasteiger partial charge on any atom is 0.142 e. The lowest BCUT2D eigenvalue weighted by Gasteiger charge is -2.25. The van der Waals surface area contributed by atoms with Crippen LogP contribution in [0.4, 0.5) is 5.69 Å². The van der Waals surface area contributed by atoms with Crippen molar-refractivity contribution < 1.29 is 4.79 Å². The molecule has 3 heteroatoms. The first-order chi connectivity index (χ1) is 8.67. The molecule has 0 saturated carbocycles. The van der Waals surface area contributed by atoms with Crippen molar-refractivity contribution in [2.45, 2.75) is 25.4 Å². The molecule has 18 heavy (non-hydrogen) atoms. The number of benzene rings is 1. The molecule has 1 aromatic rings. The maximum atomic E-state index is 11.2. The fourth-order valence-electron chi connectivity index (χ4n) is 2.36. The zero-order valence-corrected chi connectivity index (χ0v) is 10.4. The van der Waals surface area contributed by atoms with E-state index in [0.29, 0.717) is 6.54 Å². The lowest BCUT2D eigenvalue weighted by Crippen LogP contribution is -2.30. The summed E-state index contributed by atoms with van der Waals surface area (Å²) in [7, 11) is 0. The van der Waals surface area contributed by atoms with Gasteiger partial charge < -0.3 is 15.4 Å². The van der Waals surface area contributed by atoms with E-state index in [1.807, 2.05) is 29.2 Å². The summed E-state index contributed by atoms with van der Waals surface area (Å²) < 4.78 is 0. The summed E-state index contributed by atoms with van der Waals surface area (Å²) in [5.41, 5.74) is 9.67. The van der Waals surface area contributed by atoms with Crippen LogP contribution < -0.4 is 5.73 Å². The van der Waals surface area contributed by atoms with Gasteiger partial charge in [-0.2, -0.15) is 0 Å². The van der Waals surface area contributed by atoms with E-state index in [9.17, 15) is 4.79 Å². The molecule has 2 N–H and O–H groups in total. The van der Waals surface area contributed by atoms with Crippen molar-refractivity contribution in [3.63, 3.8) is 0 Å². The van der Waals surface area contributed by atoms with E-state index in [-0.39, 0.29) is 6.04 Å². The van der Waals surface area contributed by atoms with Crippen LogP contribution in [0.25, 0.3) is 5.70 Å². The van der Waals surface area contributed by atoms with E-state index in [2.05, 4.69) is 13.2 Å². The Morgan fingerprint density at radius 2 is 2.28 bits per heavy atom. The van der Waals surface area contributed by atoms with Gasteiger partial charge in [-0.1, -0.05) is 18.7 Å². The van der Waals surface area contributed by atoms with Crippen molar-refractivity contribution in [3.8, 4) is 0 Å². The first-order valence-corrected chi connectivity index (χ1v) is 6.08. The molecule has 2 rings (SSSR count). The number of anilines is 1. The summed E-state index contributed by atoms with van der Waals surface area (Å²) in [4.78, 5) is 13.3. The molecule has 0 spiro atoms. The lowest BCUT2D eigenvalue weighted by atomic mass is 10.1. The van der Waals surface area contributed by atoms with Gasteiger partial charge >= 0.3 is 0 Å². The van der Waals surface area contributed by atoms with Crippen LogP contribution in [-0.4, -0.2) is 17.2 Å². The van der Waals surface area contributed by atoms with Crippen molar-refractivity contribution in [2.75, 3.05) is 5.73 Å². The third kappa shape index (κ3) is 2.16. The predicted octanol–water partition coefficient (Wildman–Crippen LogP) is 2.59. The molecule has 1 aliphatic heterocycles. The zero-order chi connectivity index (χ0) is 13.1. The lowest BCUT2D eigenvalue weighted by molar-refractivity contribution is -0.111. The van der Waals surface area contributed by atoms with Crippen molar-refractivity contribution in [2.24, 2.45) is 0 Å². The first-order valence-electron chi connectivity index (χ1n) is 6.08. The number of rotatable bonds is 5. The zero-order valence-electron chi connectivity index (χ0n) is 10.4. The second kappa shape index (κ2) is 5.08. The number of nitrogen functional groups attached to an aromatic ring is 1. The number of carbonyl (C=O) groups excluding carboxylic acids is 1. The Labute approximate surface area is 108 Å². The van der Waals surface area contributed by atoms with Crippen LogP contribution in [0.1, 0.15) is 24.0 Å². The Kier molecular flexibility index (Phi) is 3.51. The number of carbonyl (C=O) groups is 1. The summed E-state index contributed by atoms with van der Waals surface area (Å²) >= 11 is 0. The highest BCUT2D eigenvalue weighted by atomic mass is 16.1. The minimum Gasteiger partial charge on any atom is -0.399 e. The number of aldehydes is 1. The number of allylic oxidation sites excluding steroid dienone is 1. The average molecular weight is 242 g/mol. The van der Waals surface area contributed by atoms with Gasteiger partial charge in [0, 0.05) is 23.5 Å². The highest BCUT2D eigenvalue weighted by Crippen LogP contribution is 2.34. The Hall–Kier alpha value is -2.03. The van der Waals surface area contributed by atoms with Gasteiger partial charge in [-0.25, -0.2) is 0 Å². The number of nitrogens with two attached hydrogens (primary N) is 1. The summed E-state index contributed by atoms with van der Waals surface area (Å²) in [5, 5.41) is 0. The highest BCUT2D eigenvalue weighted by molar-refractivity contribution is 5.74. The smallest absolute Gasteiger partial charge is 0.142 e. The predicted molar refractivity (Wildman–Crippen MR) is 74.7 cm³/mol. The molecule has 0 bridgehead atoms. The minimum absolute atomic E-state index is 0.135. The molecule has 0 fully saturated rings. The third-order valence-electron chi connectivity index (χ3n) is 3.35. The van der Waals surface area contributed by atoms with E-state index in [4.69, 9.17) is 5.73 Å². The van der Waals surface area contributed by atoms with E-state index in [0.717, 1.165) is 41.6 Å². The highest BCUT2D eigenvalue weighted by Gasteiger charge is 2.27. The minimum atomic E-state index is -0.135. The topological polar surface area (TPSA) is 46.3 Å². The van der Waals surface area contributed by atoms with Crippen molar-refractivity contribution in [1.82, 2.24) is 4.90 Å². The van der Waals surface area contributed by atoms with E-state index < -0.39 is 0 Å². The molecule has 0 saturated heterocycles. The fourth-order valence-corrected chi connectivity index (χ4v) is 2.36. The van der Waals surface area contributed by atoms with Crippen molar-refractivity contribution in [1.29, 1.82) is 0 Å². The molecule has 1 aromatic carbocycles. The third-order valence-corrected chi connectivity index (χ3v) is 3.35. The molecule has 0 aliphatic carbocycles. The SMILES string of the molecule is C=CCCC(C=O)N1Cc2cc(N)ccc2C1=C. The fraction of sp³-hybridized carbons (Fsp3) is 0.267. The Balaban J connectivity index is 2.21. The van der Waals surface area contributed by atoms with Gasteiger partial charge in [0.15, 0.2) is 0 Å². The van der Waals surface area contributed by atoms with Crippen LogP contribution >= 0.6 is 0 Å². The molecule has 0 radical (unpaired) electrons. The summed E-state index contributed by atoms with van der Waals surface area (Å²) in [5.74, 6) is 0. The van der Waals surface area contributed by atoms with Gasteiger partial charge in [0.2, 0.25) is 0 Å². The number of hydrogen-bond donors (Lipinski definition) is 1. The number of fused-ring (bicyclic) bond motifs is 1. The van der Waals surface area contributed by atoms with E-state index >= 15 is 0 Å². The van der Waals surface area contributed by atoms with E-state index in [1.165, 1.54) is 0 Å². The normalized spacial score (nSPS) is 15.3. The molecule has 0 amide bonds. The first kappa shape index (κ1) is 12.4. The molecule has 0 aromatic heterocycles. The average Bonchev–Trinajstić information content (AvgIpc) is 2.67. The van der Waals surface area contributed by atoms with Crippen LogP contribution in [0.2, 0.25) is 0 Å². The monoisotopic (exact) mass is 242 g/mol. The summed E-state index contributed by atoms with van der Waals surface area (Å²) in [6, 6.07) is 5.66. The van der Waals surface area contributed by atoms with Gasteiger partial charge in [0.1, 0.15) is 6.29 Å². The van der Waals surface area contributed by atoms with Gasteiger partial charge in [-0.05, 0) is 30.5 Å². The molecular weight excluding hydrogens is 224 g/mol. The van der Waals surface area contributed by atoms with Crippen LogP contribution in [0.3, 0.4) is 0 Å². The molecule has 1 unspecified atom stereocenters. The van der Waals surface area contributed by atoms with Crippen molar-refractivity contribution in [3.05, 3.63) is 48.6 Å². The van der Waals surface area contributed by atoms with Crippen molar-refractivity contribution >= 4 is 17.7 Å². The number of hydrogen-bond acceptors (Lipinski definition) is 3. The second-order valence-electron chi connectivity index (χ2n) is 4.56. The maximum absolute atomic E-state index is 11.2. The largest absolute Gasteiger partial charge is 0.399 e. The summed E-state index contributed by atoms with van der Waals surface area (Å²) in [6.07, 6.45) is 4.42. The molecule has 1 heterocycles. The Morgan fingerprint density at radius 3 is 2.94 bits per heavy atom. The number of nitrogens with zero attached hydrogens (tertiary/aromatic N) is 1. The van der Waals surface area contributed by atoms with Crippen LogP contribution in [0, 0.1) is 0 Å². The second-order valence-corrected chi connectivity index (χ2v) is 4.56. The summed E-state index contributed by atoms with van der Waals surface area (Å²) in [6.45, 7) is 8.48. The van der Waals surface area contributed by atoms with Gasteiger partial charge in [0.05, 0.1) is 6.04 Å². The molecule has 94 valence electrons. The molecular formula is C15H18N2O. The Morgan fingerprint density at radius 1 is 1.50 bits per heavy atom. The molecule has 3 nitrogen and oxygen atoms in total. The van der Waals surface area contributed by atoms with Crippen LogP contribution in [-0.2, 0) is 11.3 Å². The Bertz CT molecular complexity index is 493. The standard InChI is InChI=1S/C15H18N2O/c1-3-4-5-14(10-18)17-9-12-8-13(16)6-7-15(12)11(17)2/h3,6-8,10,14H,1-2,4-5,9,16H2. The van der Waals surface area contributed by atoms with Gasteiger partial charge in [-0.3, -0.25) is 0 Å². The van der Waals surface area contributed by atoms with Crippen LogP contribution in [0.15, 0.2) is 37.4 Å². The molecule has 1 atom stereocenters. The molecule has 1 aliphatic rings. The van der Waals surface area contributed by atoms with Gasteiger partial charge in [-0.15, -0.1) is 6.58 Å². The van der Waals surface area contributed by atoms with Gasteiger partial charge in [0.25, 0.3) is 0 Å². The quantitative estimate of drug-likeness (QED) is 0.490.